The van der Waals surface area contributed by atoms with Gasteiger partial charge in [-0.05, 0) is 96.3 Å². The summed E-state index contributed by atoms with van der Waals surface area (Å²) in [4.78, 5) is 38.1. The van der Waals surface area contributed by atoms with E-state index < -0.39 is 12.1 Å². The van der Waals surface area contributed by atoms with Crippen LogP contribution in [0.3, 0.4) is 0 Å². The fraction of sp³-hybridized carbons (Fsp3) is 0.476. The fourth-order valence-corrected chi connectivity index (χ4v) is 6.28. The third kappa shape index (κ3) is 53.3. The van der Waals surface area contributed by atoms with Crippen LogP contribution in [0.2, 0.25) is 0 Å². The van der Waals surface area contributed by atoms with Gasteiger partial charge in [-0.2, -0.15) is 0 Å². The number of unbranched alkanes of at least 4 members (excludes halogenated alkanes) is 11. The van der Waals surface area contributed by atoms with E-state index in [0.717, 1.165) is 103 Å². The first-order valence-corrected chi connectivity index (χ1v) is 26.4. The molecule has 6 nitrogen and oxygen atoms in total. The largest absolute Gasteiger partial charge is 0.462 e. The van der Waals surface area contributed by atoms with Gasteiger partial charge >= 0.3 is 17.9 Å². The van der Waals surface area contributed by atoms with Gasteiger partial charge in [0, 0.05) is 19.3 Å². The van der Waals surface area contributed by atoms with Gasteiger partial charge in [0.15, 0.2) is 6.10 Å². The maximum Gasteiger partial charge on any atom is 0.306 e. The first kappa shape index (κ1) is 63.5. The average molecular weight is 945 g/mol. The van der Waals surface area contributed by atoms with Crippen molar-refractivity contribution < 1.29 is 28.6 Å². The second-order valence-electron chi connectivity index (χ2n) is 16.5. The summed E-state index contributed by atoms with van der Waals surface area (Å²) in [5.41, 5.74) is 0. The Morgan fingerprint density at radius 3 is 1.03 bits per heavy atom. The van der Waals surface area contributed by atoms with E-state index in [1.807, 2.05) is 72.9 Å². The minimum atomic E-state index is -0.843. The van der Waals surface area contributed by atoms with Crippen LogP contribution in [0, 0.1) is 0 Å². The quantitative estimate of drug-likeness (QED) is 0.0199. The van der Waals surface area contributed by atoms with E-state index in [-0.39, 0.29) is 38.0 Å². The van der Waals surface area contributed by atoms with Crippen molar-refractivity contribution in [2.45, 2.75) is 181 Å². The predicted octanol–water partition coefficient (Wildman–Crippen LogP) is 17.7. The van der Waals surface area contributed by atoms with Gasteiger partial charge in [0.2, 0.25) is 0 Å². The Kier molecular flexibility index (Phi) is 50.7. The summed E-state index contributed by atoms with van der Waals surface area (Å²) >= 11 is 0. The lowest BCUT2D eigenvalue weighted by molar-refractivity contribution is -0.167. The molecule has 1 unspecified atom stereocenters. The van der Waals surface area contributed by atoms with Gasteiger partial charge in [0.05, 0.1) is 0 Å². The number of hydrogen-bond acceptors (Lipinski definition) is 6. The second-order valence-corrected chi connectivity index (χ2v) is 16.5. The zero-order valence-electron chi connectivity index (χ0n) is 43.2. The minimum Gasteiger partial charge on any atom is -0.462 e. The second kappa shape index (κ2) is 55.1. The molecule has 0 amide bonds. The summed E-state index contributed by atoms with van der Waals surface area (Å²) in [5, 5.41) is 0. The van der Waals surface area contributed by atoms with Crippen LogP contribution in [0.4, 0.5) is 0 Å². The summed E-state index contributed by atoms with van der Waals surface area (Å²) < 4.78 is 16.7. The highest BCUT2D eigenvalue weighted by molar-refractivity contribution is 5.71. The summed E-state index contributed by atoms with van der Waals surface area (Å²) in [7, 11) is 0. The fourth-order valence-electron chi connectivity index (χ4n) is 6.28. The SMILES string of the molecule is CC\C=C/C=C\C=C/C=C\C=C\C=C/C=C\CCCCCC(=O)OCC(COC(=O)CCCCCCCCC\C=C/C=C\C=C/CC)OC(=O)CCC/C=C\C/C=C\C/C=C\C/C=C\C/C=C\CC. The van der Waals surface area contributed by atoms with E-state index in [2.05, 4.69) is 130 Å². The Bertz CT molecular complexity index is 1700. The lowest BCUT2D eigenvalue weighted by Crippen LogP contribution is -2.30. The van der Waals surface area contributed by atoms with E-state index in [1.165, 1.54) is 19.3 Å². The number of allylic oxidation sites excluding steroid dienone is 30. The van der Waals surface area contributed by atoms with Crippen molar-refractivity contribution in [1.82, 2.24) is 0 Å². The number of hydrogen-bond donors (Lipinski definition) is 0. The van der Waals surface area contributed by atoms with Gasteiger partial charge in [0.25, 0.3) is 0 Å². The van der Waals surface area contributed by atoms with Gasteiger partial charge in [0.1, 0.15) is 13.2 Å². The predicted molar refractivity (Wildman–Crippen MR) is 297 cm³/mol. The van der Waals surface area contributed by atoms with Crippen LogP contribution < -0.4 is 0 Å². The molecule has 0 N–H and O–H groups in total. The summed E-state index contributed by atoms with van der Waals surface area (Å²) in [6.45, 7) is 6.12. The molecule has 0 aromatic carbocycles. The van der Waals surface area contributed by atoms with Crippen LogP contribution >= 0.6 is 0 Å². The van der Waals surface area contributed by atoms with Crippen molar-refractivity contribution in [3.63, 3.8) is 0 Å². The van der Waals surface area contributed by atoms with Crippen LogP contribution in [-0.2, 0) is 28.6 Å². The summed E-state index contributed by atoms with van der Waals surface area (Å²) in [6.07, 6.45) is 83.0. The molecule has 0 fully saturated rings. The normalized spacial score (nSPS) is 13.6. The van der Waals surface area contributed by atoms with Crippen LogP contribution in [0.15, 0.2) is 182 Å². The highest BCUT2D eigenvalue weighted by Gasteiger charge is 2.19. The molecule has 0 saturated carbocycles. The molecule has 69 heavy (non-hydrogen) atoms. The molecule has 0 aromatic rings. The van der Waals surface area contributed by atoms with Crippen LogP contribution in [0.1, 0.15) is 175 Å². The monoisotopic (exact) mass is 945 g/mol. The van der Waals surface area contributed by atoms with Crippen molar-refractivity contribution in [3.05, 3.63) is 182 Å². The molecule has 0 bridgehead atoms. The molecule has 0 heterocycles. The van der Waals surface area contributed by atoms with Crippen LogP contribution in [0.25, 0.3) is 0 Å². The Morgan fingerprint density at radius 1 is 0.304 bits per heavy atom. The molecular formula is C63H92O6. The van der Waals surface area contributed by atoms with Gasteiger partial charge in [-0.1, -0.05) is 242 Å². The highest BCUT2D eigenvalue weighted by atomic mass is 16.6. The number of ether oxygens (including phenoxy) is 3. The molecule has 0 aromatic heterocycles. The lowest BCUT2D eigenvalue weighted by atomic mass is 10.1. The Balaban J connectivity index is 4.65. The first-order valence-electron chi connectivity index (χ1n) is 26.4. The minimum absolute atomic E-state index is 0.133. The molecule has 1 atom stereocenters. The van der Waals surface area contributed by atoms with E-state index in [9.17, 15) is 14.4 Å². The van der Waals surface area contributed by atoms with Crippen molar-refractivity contribution in [2.24, 2.45) is 0 Å². The number of carbonyl (C=O) groups excluding carboxylic acids is 3. The lowest BCUT2D eigenvalue weighted by Gasteiger charge is -2.18. The number of esters is 3. The van der Waals surface area contributed by atoms with E-state index >= 15 is 0 Å². The number of rotatable bonds is 44. The summed E-state index contributed by atoms with van der Waals surface area (Å²) in [6, 6.07) is 0. The molecular weight excluding hydrogens is 853 g/mol. The first-order chi connectivity index (χ1) is 34.0. The molecule has 380 valence electrons. The molecule has 0 radical (unpaired) electrons. The van der Waals surface area contributed by atoms with Gasteiger partial charge < -0.3 is 14.2 Å². The van der Waals surface area contributed by atoms with Crippen LogP contribution in [0.5, 0.6) is 0 Å². The van der Waals surface area contributed by atoms with Crippen molar-refractivity contribution in [3.8, 4) is 0 Å². The van der Waals surface area contributed by atoms with E-state index in [0.29, 0.717) is 19.3 Å². The smallest absolute Gasteiger partial charge is 0.306 e. The topological polar surface area (TPSA) is 78.9 Å². The Morgan fingerprint density at radius 2 is 0.609 bits per heavy atom. The standard InChI is InChI=1S/C63H92O6/c1-4-7-10-13-16-19-22-25-28-30-31-33-35-38-41-44-47-50-53-56-62(65)68-59-60(58-67-61(64)55-52-49-46-43-40-37-34-27-24-21-18-15-12-9-6-3)69-63(66)57-54-51-48-45-42-39-36-32-29-26-23-20-17-14-11-8-5-2/h7-13,15-22,24-26,28-31,33,35-36,38-39,41,45,48,60H,4-6,14,23,27,32,34,37,40,42-44,46-47,49-59H2,1-3H3/b10-7-,11-8-,12-9-,16-13-,18-15-,20-17-,22-19-,24-21-,28-25-,29-26-,31-30+,35-33-,39-36-,41-38-,48-45-. The molecule has 0 aliphatic carbocycles. The highest BCUT2D eigenvalue weighted by Crippen LogP contribution is 2.12. The maximum absolute atomic E-state index is 12.8. The third-order valence-electron chi connectivity index (χ3n) is 10.1. The summed E-state index contributed by atoms with van der Waals surface area (Å²) in [5.74, 6) is -1.07. The average Bonchev–Trinajstić information content (AvgIpc) is 3.35. The molecule has 0 aliphatic rings. The zero-order valence-corrected chi connectivity index (χ0v) is 43.2. The van der Waals surface area contributed by atoms with E-state index in [4.69, 9.17) is 14.2 Å². The molecule has 0 rings (SSSR count). The van der Waals surface area contributed by atoms with Crippen molar-refractivity contribution in [1.29, 1.82) is 0 Å². The Hall–Kier alpha value is -5.49. The molecule has 6 heteroatoms. The third-order valence-corrected chi connectivity index (χ3v) is 10.1. The molecule has 0 spiro atoms. The van der Waals surface area contributed by atoms with Gasteiger partial charge in [-0.25, -0.2) is 0 Å². The number of carbonyl (C=O) groups is 3. The van der Waals surface area contributed by atoms with Gasteiger partial charge in [-0.15, -0.1) is 0 Å². The molecule has 0 saturated heterocycles. The molecule has 0 aliphatic heterocycles. The Labute approximate surface area is 421 Å². The zero-order chi connectivity index (χ0) is 50.0. The van der Waals surface area contributed by atoms with Crippen LogP contribution in [-0.4, -0.2) is 37.2 Å². The van der Waals surface area contributed by atoms with E-state index in [1.54, 1.807) is 0 Å². The van der Waals surface area contributed by atoms with Gasteiger partial charge in [-0.3, -0.25) is 14.4 Å². The maximum atomic E-state index is 12.8. The van der Waals surface area contributed by atoms with Crippen molar-refractivity contribution >= 4 is 17.9 Å². The van der Waals surface area contributed by atoms with Crippen molar-refractivity contribution in [2.75, 3.05) is 13.2 Å².